The van der Waals surface area contributed by atoms with Crippen molar-refractivity contribution in [1.29, 1.82) is 0 Å². The van der Waals surface area contributed by atoms with Crippen LogP contribution in [0.25, 0.3) is 10.9 Å². The number of carbonyl (C=O) groups excluding carboxylic acids is 1. The summed E-state index contributed by atoms with van der Waals surface area (Å²) in [6.45, 7) is 5.66. The zero-order valence-corrected chi connectivity index (χ0v) is 16.6. The van der Waals surface area contributed by atoms with Crippen LogP contribution in [0.3, 0.4) is 0 Å². The predicted molar refractivity (Wildman–Crippen MR) is 114 cm³/mol. The summed E-state index contributed by atoms with van der Waals surface area (Å²) in [6, 6.07) is 15.9. The van der Waals surface area contributed by atoms with Gasteiger partial charge in [0, 0.05) is 42.1 Å². The van der Waals surface area contributed by atoms with Gasteiger partial charge in [-0.15, -0.1) is 0 Å². The van der Waals surface area contributed by atoms with E-state index in [1.54, 1.807) is 12.3 Å². The van der Waals surface area contributed by atoms with E-state index in [0.717, 1.165) is 35.4 Å². The van der Waals surface area contributed by atoms with Crippen LogP contribution in [0.1, 0.15) is 13.8 Å². The molecule has 2 N–H and O–H groups in total. The lowest BCUT2D eigenvalue weighted by atomic mass is 10.1. The van der Waals surface area contributed by atoms with Gasteiger partial charge in [-0.1, -0.05) is 25.1 Å². The molecule has 0 spiro atoms. The van der Waals surface area contributed by atoms with Crippen molar-refractivity contribution < 1.29 is 9.18 Å². The fourth-order valence-corrected chi connectivity index (χ4v) is 3.89. The van der Waals surface area contributed by atoms with Gasteiger partial charge < -0.3 is 10.6 Å². The lowest BCUT2D eigenvalue weighted by Gasteiger charge is -2.24. The second-order valence-electron chi connectivity index (χ2n) is 7.73. The molecule has 2 aromatic carbocycles. The lowest BCUT2D eigenvalue weighted by Crippen LogP contribution is -2.41. The Labute approximate surface area is 169 Å². The van der Waals surface area contributed by atoms with E-state index < -0.39 is 0 Å². The van der Waals surface area contributed by atoms with Crippen LogP contribution in [-0.4, -0.2) is 41.0 Å². The number of benzene rings is 2. The molecule has 29 heavy (non-hydrogen) atoms. The van der Waals surface area contributed by atoms with E-state index in [-0.39, 0.29) is 23.8 Å². The number of aromatic nitrogens is 1. The average Bonchev–Trinajstić information content (AvgIpc) is 3.09. The van der Waals surface area contributed by atoms with E-state index in [9.17, 15) is 9.18 Å². The molecule has 0 bridgehead atoms. The van der Waals surface area contributed by atoms with Gasteiger partial charge in [-0.2, -0.15) is 0 Å². The maximum absolute atomic E-state index is 13.7. The topological polar surface area (TPSA) is 57.3 Å². The number of hydrogen-bond acceptors (Lipinski definition) is 4. The number of nitrogens with zero attached hydrogens (tertiary/aromatic N) is 2. The van der Waals surface area contributed by atoms with Crippen molar-refractivity contribution in [3.63, 3.8) is 0 Å². The van der Waals surface area contributed by atoms with Gasteiger partial charge in [0.1, 0.15) is 5.82 Å². The zero-order chi connectivity index (χ0) is 20.4. The minimum absolute atomic E-state index is 0.0134. The third-order valence-electron chi connectivity index (χ3n) is 5.65. The van der Waals surface area contributed by atoms with Crippen molar-refractivity contribution in [2.24, 2.45) is 5.92 Å². The quantitative estimate of drug-likeness (QED) is 0.685. The lowest BCUT2D eigenvalue weighted by molar-refractivity contribution is -0.120. The fourth-order valence-electron chi connectivity index (χ4n) is 3.89. The molecular weight excluding hydrogens is 367 g/mol. The second-order valence-corrected chi connectivity index (χ2v) is 7.73. The van der Waals surface area contributed by atoms with Crippen molar-refractivity contribution >= 4 is 28.2 Å². The number of nitrogens with one attached hydrogen (secondary N) is 2. The van der Waals surface area contributed by atoms with Gasteiger partial charge in [0.15, 0.2) is 0 Å². The molecule has 1 fully saturated rings. The van der Waals surface area contributed by atoms with Gasteiger partial charge in [-0.3, -0.25) is 14.7 Å². The molecule has 1 saturated heterocycles. The first kappa shape index (κ1) is 19.3. The molecule has 3 atom stereocenters. The summed E-state index contributed by atoms with van der Waals surface area (Å²) in [7, 11) is 0. The van der Waals surface area contributed by atoms with Crippen molar-refractivity contribution in [2.75, 3.05) is 23.7 Å². The molecule has 150 valence electrons. The molecule has 0 radical (unpaired) electrons. The van der Waals surface area contributed by atoms with Crippen molar-refractivity contribution in [3.05, 3.63) is 66.6 Å². The number of para-hydroxylation sites is 1. The number of carbonyl (C=O) groups is 1. The first-order valence-corrected chi connectivity index (χ1v) is 9.92. The third-order valence-corrected chi connectivity index (χ3v) is 5.65. The third kappa shape index (κ3) is 4.22. The summed E-state index contributed by atoms with van der Waals surface area (Å²) in [4.78, 5) is 19.2. The summed E-state index contributed by atoms with van der Waals surface area (Å²) in [5, 5.41) is 7.30. The largest absolute Gasteiger partial charge is 0.380 e. The molecule has 1 aromatic heterocycles. The van der Waals surface area contributed by atoms with Crippen LogP contribution in [0.2, 0.25) is 0 Å². The molecule has 5 nitrogen and oxygen atoms in total. The van der Waals surface area contributed by atoms with Crippen LogP contribution in [0.4, 0.5) is 15.8 Å². The van der Waals surface area contributed by atoms with E-state index in [1.807, 2.05) is 43.3 Å². The molecule has 3 aromatic rings. The van der Waals surface area contributed by atoms with Crippen LogP contribution in [-0.2, 0) is 4.79 Å². The Hall–Kier alpha value is -2.99. The van der Waals surface area contributed by atoms with Gasteiger partial charge in [0.05, 0.1) is 11.6 Å². The highest BCUT2D eigenvalue weighted by Crippen LogP contribution is 2.27. The smallest absolute Gasteiger partial charge is 0.241 e. The average molecular weight is 392 g/mol. The molecule has 4 rings (SSSR count). The molecular formula is C23H25FN4O. The highest BCUT2D eigenvalue weighted by atomic mass is 19.1. The summed E-state index contributed by atoms with van der Waals surface area (Å²) in [5.41, 5.74) is 2.43. The molecule has 3 unspecified atom stereocenters. The van der Waals surface area contributed by atoms with E-state index in [4.69, 9.17) is 0 Å². The van der Waals surface area contributed by atoms with E-state index in [2.05, 4.69) is 27.4 Å². The second kappa shape index (κ2) is 8.17. The first-order valence-electron chi connectivity index (χ1n) is 9.92. The minimum atomic E-state index is -0.277. The summed E-state index contributed by atoms with van der Waals surface area (Å²) < 4.78 is 13.7. The molecule has 0 saturated carbocycles. The van der Waals surface area contributed by atoms with Gasteiger partial charge in [-0.25, -0.2) is 4.39 Å². The maximum atomic E-state index is 13.7. The van der Waals surface area contributed by atoms with E-state index in [0.29, 0.717) is 5.92 Å². The molecule has 2 heterocycles. The number of hydrogen-bond donors (Lipinski definition) is 2. The van der Waals surface area contributed by atoms with E-state index >= 15 is 0 Å². The Kier molecular flexibility index (Phi) is 5.45. The van der Waals surface area contributed by atoms with Crippen molar-refractivity contribution in [1.82, 2.24) is 9.88 Å². The SMILES string of the molecule is CC1CN(C(C)C(=O)Nc2ccccc2)CC1Nc1ccnc2ccc(F)cc12. The Bertz CT molecular complexity index is 1010. The fraction of sp³-hybridized carbons (Fsp3) is 0.304. The highest BCUT2D eigenvalue weighted by molar-refractivity contribution is 5.94. The van der Waals surface area contributed by atoms with Crippen LogP contribution in [0.15, 0.2) is 60.8 Å². The summed E-state index contributed by atoms with van der Waals surface area (Å²) in [6.07, 6.45) is 1.73. The van der Waals surface area contributed by atoms with Crippen LogP contribution < -0.4 is 10.6 Å². The molecule has 6 heteroatoms. The normalized spacial score (nSPS) is 20.5. The van der Waals surface area contributed by atoms with Crippen LogP contribution in [0, 0.1) is 11.7 Å². The molecule has 0 aliphatic carbocycles. The van der Waals surface area contributed by atoms with Crippen LogP contribution in [0.5, 0.6) is 0 Å². The standard InChI is InChI=1S/C23H25FN4O/c1-15-13-28(16(2)23(29)26-18-6-4-3-5-7-18)14-22(15)27-21-10-11-25-20-9-8-17(24)12-19(20)21/h3-12,15-16,22H,13-14H2,1-2H3,(H,25,27)(H,26,29). The minimum Gasteiger partial charge on any atom is -0.380 e. The zero-order valence-electron chi connectivity index (χ0n) is 16.6. The highest BCUT2D eigenvalue weighted by Gasteiger charge is 2.34. The van der Waals surface area contributed by atoms with Gasteiger partial charge in [-0.05, 0) is 49.2 Å². The maximum Gasteiger partial charge on any atom is 0.241 e. The monoisotopic (exact) mass is 392 g/mol. The number of amides is 1. The number of anilines is 2. The number of fused-ring (bicyclic) bond motifs is 1. The Balaban J connectivity index is 1.45. The Morgan fingerprint density at radius 2 is 1.97 bits per heavy atom. The Morgan fingerprint density at radius 1 is 1.17 bits per heavy atom. The predicted octanol–water partition coefficient (Wildman–Crippen LogP) is 4.13. The molecule has 1 aliphatic heterocycles. The summed E-state index contributed by atoms with van der Waals surface area (Å²) >= 11 is 0. The molecule has 1 amide bonds. The van der Waals surface area contributed by atoms with Gasteiger partial charge in [0.25, 0.3) is 0 Å². The first-order chi connectivity index (χ1) is 14.0. The van der Waals surface area contributed by atoms with Gasteiger partial charge >= 0.3 is 0 Å². The van der Waals surface area contributed by atoms with Crippen molar-refractivity contribution in [2.45, 2.75) is 25.9 Å². The number of pyridine rings is 1. The number of halogens is 1. The number of likely N-dealkylation sites (tertiary alicyclic amines) is 1. The number of rotatable bonds is 5. The van der Waals surface area contributed by atoms with E-state index in [1.165, 1.54) is 12.1 Å². The Morgan fingerprint density at radius 3 is 2.76 bits per heavy atom. The van der Waals surface area contributed by atoms with Crippen molar-refractivity contribution in [3.8, 4) is 0 Å². The summed E-state index contributed by atoms with van der Waals surface area (Å²) in [5.74, 6) is 0.0556. The van der Waals surface area contributed by atoms with Gasteiger partial charge in [0.2, 0.25) is 5.91 Å². The van der Waals surface area contributed by atoms with Crippen LogP contribution >= 0.6 is 0 Å². The molecule has 1 aliphatic rings.